The highest BCUT2D eigenvalue weighted by molar-refractivity contribution is 7.92. The van der Waals surface area contributed by atoms with E-state index in [1.54, 1.807) is 24.4 Å². The average molecular weight is 570 g/mol. The first-order chi connectivity index (χ1) is 19.4. The molecule has 1 fully saturated rings. The molecule has 0 bridgehead atoms. The molecule has 210 valence electrons. The minimum absolute atomic E-state index is 0.0626. The maximum Gasteiger partial charge on any atom is 0.220 e. The number of aromatic nitrogens is 4. The Morgan fingerprint density at radius 1 is 1.18 bits per heavy atom. The molecule has 1 aliphatic heterocycles. The van der Waals surface area contributed by atoms with Crippen LogP contribution in [-0.2, 0) is 16.1 Å². The highest BCUT2D eigenvalue weighted by Crippen LogP contribution is 2.39. The van der Waals surface area contributed by atoms with Crippen LogP contribution in [0.2, 0.25) is 0 Å². The molecular formula is C27H29F2N7O3S. The van der Waals surface area contributed by atoms with Gasteiger partial charge in [-0.2, -0.15) is 0 Å². The van der Waals surface area contributed by atoms with Gasteiger partial charge in [-0.3, -0.25) is 4.39 Å². The zero-order chi connectivity index (χ0) is 28.2. The molecule has 10 nitrogen and oxygen atoms in total. The topological polar surface area (TPSA) is 134 Å². The monoisotopic (exact) mass is 569 g/mol. The van der Waals surface area contributed by atoms with Crippen LogP contribution in [-0.4, -0.2) is 70.3 Å². The number of morpholine rings is 1. The zero-order valence-electron chi connectivity index (χ0n) is 22.1. The van der Waals surface area contributed by atoms with E-state index in [4.69, 9.17) is 25.2 Å². The lowest BCUT2D eigenvalue weighted by Gasteiger charge is -2.29. The molecular weight excluding hydrogens is 540 g/mol. The number of nitrogens with one attached hydrogen (secondary N) is 1. The van der Waals surface area contributed by atoms with Gasteiger partial charge in [-0.05, 0) is 30.7 Å². The van der Waals surface area contributed by atoms with Crippen molar-refractivity contribution in [2.45, 2.75) is 13.3 Å². The Kier molecular flexibility index (Phi) is 8.43. The van der Waals surface area contributed by atoms with Gasteiger partial charge >= 0.3 is 0 Å². The van der Waals surface area contributed by atoms with E-state index in [1.807, 2.05) is 13.0 Å². The number of nitrogens with zero attached hydrogens (tertiary/aromatic N) is 5. The molecule has 40 heavy (non-hydrogen) atoms. The minimum atomic E-state index is -1.62. The largest absolute Gasteiger partial charge is 0.593 e. The van der Waals surface area contributed by atoms with Gasteiger partial charge in [-0.25, -0.2) is 29.0 Å². The van der Waals surface area contributed by atoms with Crippen molar-refractivity contribution in [1.82, 2.24) is 19.9 Å². The van der Waals surface area contributed by atoms with Crippen molar-refractivity contribution in [2.24, 2.45) is 0 Å². The van der Waals surface area contributed by atoms with E-state index >= 15 is 4.39 Å². The second kappa shape index (κ2) is 12.1. The standard InChI is InChI=1S/C27H29F2N7O3S/c1-16-20(15-31-27(30)32-16)25-33-24-19(26(34-25)36-8-10-39-11-9-36)13-17(14-22(24)38-2)18-5-3-6-21(23(18)29)35-40(37)12-4-7-28/h3,5-6,13-15,35H,4,7-12H2,1-2H3,(H2,30,31,32). The number of benzene rings is 2. The molecule has 0 amide bonds. The van der Waals surface area contributed by atoms with E-state index in [-0.39, 0.29) is 29.4 Å². The fourth-order valence-electron chi connectivity index (χ4n) is 4.53. The van der Waals surface area contributed by atoms with Crippen LogP contribution in [0.4, 0.5) is 26.2 Å². The Morgan fingerprint density at radius 2 is 1.98 bits per heavy atom. The predicted molar refractivity (Wildman–Crippen MR) is 152 cm³/mol. The van der Waals surface area contributed by atoms with Crippen LogP contribution >= 0.6 is 0 Å². The van der Waals surface area contributed by atoms with E-state index < -0.39 is 23.9 Å². The minimum Gasteiger partial charge on any atom is -0.593 e. The average Bonchev–Trinajstić information content (AvgIpc) is 2.96. The number of hydrogen-bond acceptors (Lipinski definition) is 10. The molecule has 0 spiro atoms. The molecule has 0 aliphatic carbocycles. The lowest BCUT2D eigenvalue weighted by Crippen LogP contribution is -2.37. The first-order valence-electron chi connectivity index (χ1n) is 12.7. The number of rotatable bonds is 9. The van der Waals surface area contributed by atoms with E-state index in [0.717, 1.165) is 0 Å². The normalized spacial score (nSPS) is 14.4. The third kappa shape index (κ3) is 5.71. The summed E-state index contributed by atoms with van der Waals surface area (Å²) in [5.41, 5.74) is 8.41. The molecule has 4 aromatic rings. The van der Waals surface area contributed by atoms with Crippen LogP contribution in [0.3, 0.4) is 0 Å². The summed E-state index contributed by atoms with van der Waals surface area (Å²) >= 11 is -1.62. The van der Waals surface area contributed by atoms with Crippen molar-refractivity contribution in [1.29, 1.82) is 0 Å². The molecule has 0 saturated carbocycles. The summed E-state index contributed by atoms with van der Waals surface area (Å²) in [5, 5.41) is 0.665. The second-order valence-electron chi connectivity index (χ2n) is 9.13. The molecule has 5 rings (SSSR count). The van der Waals surface area contributed by atoms with Crippen LogP contribution in [0.5, 0.6) is 5.75 Å². The summed E-state index contributed by atoms with van der Waals surface area (Å²) in [6, 6.07) is 8.31. The molecule has 1 saturated heterocycles. The van der Waals surface area contributed by atoms with Gasteiger partial charge in [-0.15, -0.1) is 0 Å². The van der Waals surface area contributed by atoms with Gasteiger partial charge in [0.1, 0.15) is 28.5 Å². The smallest absolute Gasteiger partial charge is 0.220 e. The number of nitrogens with two attached hydrogens (primary N) is 1. The number of hydrogen-bond donors (Lipinski definition) is 2. The Morgan fingerprint density at radius 3 is 2.70 bits per heavy atom. The maximum atomic E-state index is 15.7. The first kappa shape index (κ1) is 27.7. The van der Waals surface area contributed by atoms with Gasteiger partial charge in [0.05, 0.1) is 49.6 Å². The van der Waals surface area contributed by atoms with Gasteiger partial charge in [0.25, 0.3) is 0 Å². The van der Waals surface area contributed by atoms with E-state index in [1.165, 1.54) is 13.2 Å². The van der Waals surface area contributed by atoms with Crippen LogP contribution in [0, 0.1) is 12.7 Å². The number of alkyl halides is 1. The molecule has 1 atom stereocenters. The molecule has 1 unspecified atom stereocenters. The summed E-state index contributed by atoms with van der Waals surface area (Å²) in [5.74, 6) is 1.11. The van der Waals surface area contributed by atoms with E-state index in [0.29, 0.717) is 71.4 Å². The van der Waals surface area contributed by atoms with Gasteiger partial charge in [0, 0.05) is 36.7 Å². The molecule has 13 heteroatoms. The molecule has 1 aliphatic rings. The third-order valence-corrected chi connectivity index (χ3v) is 7.62. The number of aryl methyl sites for hydroxylation is 1. The Labute approximate surface area is 233 Å². The highest BCUT2D eigenvalue weighted by atomic mass is 32.2. The van der Waals surface area contributed by atoms with Crippen molar-refractivity contribution in [3.63, 3.8) is 0 Å². The lowest BCUT2D eigenvalue weighted by molar-refractivity contribution is 0.122. The predicted octanol–water partition coefficient (Wildman–Crippen LogP) is 4.06. The van der Waals surface area contributed by atoms with Crippen LogP contribution in [0.1, 0.15) is 12.1 Å². The Hall–Kier alpha value is -3.81. The fourth-order valence-corrected chi connectivity index (χ4v) is 5.41. The number of methoxy groups -OCH3 is 1. The van der Waals surface area contributed by atoms with Crippen molar-refractivity contribution in [3.05, 3.63) is 48.0 Å². The number of anilines is 3. The molecule has 3 heterocycles. The van der Waals surface area contributed by atoms with Crippen molar-refractivity contribution in [3.8, 4) is 28.3 Å². The number of halogens is 2. The number of nitrogen functional groups attached to an aromatic ring is 1. The zero-order valence-corrected chi connectivity index (χ0v) is 22.9. The molecule has 0 radical (unpaired) electrons. The highest BCUT2D eigenvalue weighted by Gasteiger charge is 2.23. The first-order valence-corrected chi connectivity index (χ1v) is 14.0. The number of ether oxygens (including phenoxy) is 2. The van der Waals surface area contributed by atoms with Gasteiger partial charge in [0.15, 0.2) is 11.6 Å². The van der Waals surface area contributed by atoms with E-state index in [2.05, 4.69) is 19.6 Å². The summed E-state index contributed by atoms with van der Waals surface area (Å²) in [6.07, 6.45) is 1.71. The van der Waals surface area contributed by atoms with Crippen LogP contribution < -0.4 is 20.1 Å². The van der Waals surface area contributed by atoms with Gasteiger partial charge in [-0.1, -0.05) is 12.1 Å². The fraction of sp³-hybridized carbons (Fsp3) is 0.333. The van der Waals surface area contributed by atoms with Crippen molar-refractivity contribution in [2.75, 3.05) is 61.2 Å². The van der Waals surface area contributed by atoms with Crippen molar-refractivity contribution < 1.29 is 22.8 Å². The van der Waals surface area contributed by atoms with Crippen molar-refractivity contribution >= 4 is 39.7 Å². The van der Waals surface area contributed by atoms with Gasteiger partial charge < -0.3 is 24.7 Å². The number of fused-ring (bicyclic) bond motifs is 1. The van der Waals surface area contributed by atoms with E-state index in [9.17, 15) is 8.94 Å². The summed E-state index contributed by atoms with van der Waals surface area (Å²) < 4.78 is 54.4. The summed E-state index contributed by atoms with van der Waals surface area (Å²) in [6.45, 7) is 3.49. The molecule has 3 N–H and O–H groups in total. The molecule has 2 aromatic carbocycles. The summed E-state index contributed by atoms with van der Waals surface area (Å²) in [4.78, 5) is 20.2. The third-order valence-electron chi connectivity index (χ3n) is 6.51. The molecule has 2 aromatic heterocycles. The maximum absolute atomic E-state index is 15.7. The lowest BCUT2D eigenvalue weighted by atomic mass is 10.0. The summed E-state index contributed by atoms with van der Waals surface area (Å²) in [7, 11) is 1.52. The van der Waals surface area contributed by atoms with Crippen LogP contribution in [0.15, 0.2) is 36.5 Å². The Balaban J connectivity index is 1.67. The second-order valence-corrected chi connectivity index (χ2v) is 10.4. The Bertz CT molecular complexity index is 1520. The van der Waals surface area contributed by atoms with Gasteiger partial charge in [0.2, 0.25) is 5.95 Å². The quantitative estimate of drug-likeness (QED) is 0.284. The SMILES string of the molecule is COc1cc(-c2cccc(N[S+]([O-])CCCF)c2F)cc2c(N3CCOCC3)nc(-c3cnc(N)nc3C)nc12. The van der Waals surface area contributed by atoms with Crippen LogP contribution in [0.25, 0.3) is 33.4 Å².